The number of benzene rings is 1. The molecular weight excluding hydrogens is 240 g/mol. The predicted molar refractivity (Wildman–Crippen MR) is 75.1 cm³/mol. The largest absolute Gasteiger partial charge is 0.381 e. The third-order valence-electron chi connectivity index (χ3n) is 3.48. The molecule has 2 rings (SSSR count). The zero-order valence-corrected chi connectivity index (χ0v) is 11.2. The molecule has 4 heteroatoms. The van der Waals surface area contributed by atoms with Gasteiger partial charge in [-0.1, -0.05) is 12.1 Å². The molecule has 1 aromatic carbocycles. The summed E-state index contributed by atoms with van der Waals surface area (Å²) in [7, 11) is 0. The highest BCUT2D eigenvalue weighted by molar-refractivity contribution is 5.94. The van der Waals surface area contributed by atoms with Gasteiger partial charge in [-0.05, 0) is 49.4 Å². The van der Waals surface area contributed by atoms with E-state index in [1.807, 2.05) is 24.3 Å². The van der Waals surface area contributed by atoms with Crippen LogP contribution in [0.25, 0.3) is 0 Å². The van der Waals surface area contributed by atoms with Crippen molar-refractivity contribution in [3.05, 3.63) is 35.4 Å². The normalized spacial score (nSPS) is 18.5. The first kappa shape index (κ1) is 14.0. The number of amides is 1. The van der Waals surface area contributed by atoms with Gasteiger partial charge < -0.3 is 15.8 Å². The van der Waals surface area contributed by atoms with E-state index in [-0.39, 0.29) is 5.91 Å². The van der Waals surface area contributed by atoms with Crippen molar-refractivity contribution >= 4 is 5.91 Å². The van der Waals surface area contributed by atoms with Gasteiger partial charge in [-0.25, -0.2) is 0 Å². The zero-order chi connectivity index (χ0) is 13.5. The highest BCUT2D eigenvalue weighted by Gasteiger charge is 2.15. The maximum absolute atomic E-state index is 12.0. The van der Waals surface area contributed by atoms with Crippen LogP contribution in [0.5, 0.6) is 0 Å². The Balaban J connectivity index is 1.79. The average molecular weight is 262 g/mol. The van der Waals surface area contributed by atoms with Crippen LogP contribution >= 0.6 is 0 Å². The molecule has 0 spiro atoms. The van der Waals surface area contributed by atoms with Crippen LogP contribution in [0.3, 0.4) is 0 Å². The topological polar surface area (TPSA) is 64.4 Å². The van der Waals surface area contributed by atoms with Crippen molar-refractivity contribution in [2.75, 3.05) is 26.3 Å². The van der Waals surface area contributed by atoms with E-state index in [0.717, 1.165) is 38.0 Å². The molecule has 0 aliphatic carbocycles. The van der Waals surface area contributed by atoms with Gasteiger partial charge in [0.1, 0.15) is 0 Å². The Morgan fingerprint density at radius 3 is 3.11 bits per heavy atom. The predicted octanol–water partition coefficient (Wildman–Crippen LogP) is 1.34. The molecule has 1 heterocycles. The third-order valence-corrected chi connectivity index (χ3v) is 3.48. The number of carbonyl (C=O) groups is 1. The number of hydrogen-bond acceptors (Lipinski definition) is 3. The lowest BCUT2D eigenvalue weighted by molar-refractivity contribution is 0.0950. The quantitative estimate of drug-likeness (QED) is 0.813. The molecule has 0 radical (unpaired) electrons. The van der Waals surface area contributed by atoms with Crippen molar-refractivity contribution in [3.63, 3.8) is 0 Å². The SMILES string of the molecule is NCCc1cccc(C(=O)NCCC2CCOC2)c1. The van der Waals surface area contributed by atoms with E-state index >= 15 is 0 Å². The van der Waals surface area contributed by atoms with Crippen LogP contribution in [-0.2, 0) is 11.2 Å². The molecule has 0 bridgehead atoms. The molecule has 1 atom stereocenters. The maximum Gasteiger partial charge on any atom is 0.251 e. The third kappa shape index (κ3) is 4.33. The molecular formula is C15H22N2O2. The highest BCUT2D eigenvalue weighted by atomic mass is 16.5. The number of nitrogens with two attached hydrogens (primary N) is 1. The fourth-order valence-corrected chi connectivity index (χ4v) is 2.34. The molecule has 19 heavy (non-hydrogen) atoms. The van der Waals surface area contributed by atoms with Gasteiger partial charge in [0, 0.05) is 25.3 Å². The zero-order valence-electron chi connectivity index (χ0n) is 11.2. The Labute approximate surface area is 114 Å². The second-order valence-corrected chi connectivity index (χ2v) is 5.01. The molecule has 0 saturated carbocycles. The number of carbonyl (C=O) groups excluding carboxylic acids is 1. The lowest BCUT2D eigenvalue weighted by atomic mass is 10.0. The monoisotopic (exact) mass is 262 g/mol. The average Bonchev–Trinajstić information content (AvgIpc) is 2.92. The molecule has 1 aromatic rings. The molecule has 1 unspecified atom stereocenters. The van der Waals surface area contributed by atoms with Crippen LogP contribution in [0, 0.1) is 5.92 Å². The summed E-state index contributed by atoms with van der Waals surface area (Å²) in [5.74, 6) is 0.599. The summed E-state index contributed by atoms with van der Waals surface area (Å²) in [5.41, 5.74) is 7.35. The summed E-state index contributed by atoms with van der Waals surface area (Å²) in [6.45, 7) is 3.02. The smallest absolute Gasteiger partial charge is 0.251 e. The molecule has 1 fully saturated rings. The van der Waals surface area contributed by atoms with E-state index in [1.54, 1.807) is 0 Å². The number of hydrogen-bond donors (Lipinski definition) is 2. The lowest BCUT2D eigenvalue weighted by Crippen LogP contribution is -2.26. The van der Waals surface area contributed by atoms with E-state index in [0.29, 0.717) is 24.6 Å². The highest BCUT2D eigenvalue weighted by Crippen LogP contribution is 2.15. The van der Waals surface area contributed by atoms with Crippen molar-refractivity contribution < 1.29 is 9.53 Å². The minimum Gasteiger partial charge on any atom is -0.381 e. The minimum atomic E-state index is -0.00205. The Morgan fingerprint density at radius 1 is 1.47 bits per heavy atom. The summed E-state index contributed by atoms with van der Waals surface area (Å²) in [6.07, 6.45) is 2.91. The molecule has 1 aliphatic rings. The standard InChI is InChI=1S/C15H22N2O2/c16-7-4-12-2-1-3-14(10-12)15(18)17-8-5-13-6-9-19-11-13/h1-3,10,13H,4-9,11,16H2,(H,17,18). The molecule has 3 N–H and O–H groups in total. The van der Waals surface area contributed by atoms with Crippen molar-refractivity contribution in [1.29, 1.82) is 0 Å². The fraction of sp³-hybridized carbons (Fsp3) is 0.533. The van der Waals surface area contributed by atoms with E-state index in [2.05, 4.69) is 5.32 Å². The van der Waals surface area contributed by atoms with Crippen LogP contribution in [-0.4, -0.2) is 32.2 Å². The Morgan fingerprint density at radius 2 is 2.37 bits per heavy atom. The van der Waals surface area contributed by atoms with Gasteiger partial charge in [0.15, 0.2) is 0 Å². The van der Waals surface area contributed by atoms with E-state index in [1.165, 1.54) is 0 Å². The molecule has 1 amide bonds. The van der Waals surface area contributed by atoms with E-state index in [9.17, 15) is 4.79 Å². The molecule has 1 aliphatic heterocycles. The summed E-state index contributed by atoms with van der Waals surface area (Å²) in [6, 6.07) is 7.67. The van der Waals surface area contributed by atoms with Crippen molar-refractivity contribution in [3.8, 4) is 0 Å². The summed E-state index contributed by atoms with van der Waals surface area (Å²) in [5, 5.41) is 2.97. The van der Waals surface area contributed by atoms with Crippen LogP contribution in [0.15, 0.2) is 24.3 Å². The van der Waals surface area contributed by atoms with E-state index in [4.69, 9.17) is 10.5 Å². The van der Waals surface area contributed by atoms with Gasteiger partial charge in [-0.3, -0.25) is 4.79 Å². The number of nitrogens with one attached hydrogen (secondary N) is 1. The van der Waals surface area contributed by atoms with Crippen LogP contribution in [0.1, 0.15) is 28.8 Å². The lowest BCUT2D eigenvalue weighted by Gasteiger charge is -2.09. The summed E-state index contributed by atoms with van der Waals surface area (Å²) < 4.78 is 5.32. The van der Waals surface area contributed by atoms with Crippen molar-refractivity contribution in [2.45, 2.75) is 19.3 Å². The van der Waals surface area contributed by atoms with Gasteiger partial charge in [0.05, 0.1) is 0 Å². The first-order valence-corrected chi connectivity index (χ1v) is 6.94. The molecule has 1 saturated heterocycles. The molecule has 4 nitrogen and oxygen atoms in total. The second-order valence-electron chi connectivity index (χ2n) is 5.01. The molecule has 0 aromatic heterocycles. The van der Waals surface area contributed by atoms with Gasteiger partial charge in [-0.15, -0.1) is 0 Å². The number of ether oxygens (including phenoxy) is 1. The van der Waals surface area contributed by atoms with Gasteiger partial charge in [-0.2, -0.15) is 0 Å². The first-order chi connectivity index (χ1) is 9.29. The van der Waals surface area contributed by atoms with E-state index < -0.39 is 0 Å². The van der Waals surface area contributed by atoms with Gasteiger partial charge >= 0.3 is 0 Å². The first-order valence-electron chi connectivity index (χ1n) is 6.94. The van der Waals surface area contributed by atoms with Gasteiger partial charge in [0.2, 0.25) is 0 Å². The second kappa shape index (κ2) is 7.26. The fourth-order valence-electron chi connectivity index (χ4n) is 2.34. The van der Waals surface area contributed by atoms with Crippen molar-refractivity contribution in [1.82, 2.24) is 5.32 Å². The Bertz CT molecular complexity index is 414. The summed E-state index contributed by atoms with van der Waals surface area (Å²) >= 11 is 0. The minimum absolute atomic E-state index is 0.00205. The van der Waals surface area contributed by atoms with Crippen molar-refractivity contribution in [2.24, 2.45) is 11.7 Å². The van der Waals surface area contributed by atoms with Gasteiger partial charge in [0.25, 0.3) is 5.91 Å². The Kier molecular flexibility index (Phi) is 5.36. The van der Waals surface area contributed by atoms with Crippen LogP contribution < -0.4 is 11.1 Å². The van der Waals surface area contributed by atoms with Crippen LogP contribution in [0.2, 0.25) is 0 Å². The summed E-state index contributed by atoms with van der Waals surface area (Å²) in [4.78, 5) is 12.0. The number of rotatable bonds is 6. The maximum atomic E-state index is 12.0. The Hall–Kier alpha value is -1.39. The van der Waals surface area contributed by atoms with Crippen LogP contribution in [0.4, 0.5) is 0 Å². The molecule has 104 valence electrons.